The predicted octanol–water partition coefficient (Wildman–Crippen LogP) is 1.85. The van der Waals surface area contributed by atoms with Gasteiger partial charge in [-0.15, -0.1) is 0 Å². The minimum absolute atomic E-state index is 0.0689. The number of aromatic nitrogens is 2. The zero-order valence-corrected chi connectivity index (χ0v) is 14.6. The Hall–Kier alpha value is -2.41. The Morgan fingerprint density at radius 2 is 2.24 bits per heavy atom. The molecule has 3 rings (SSSR count). The third-order valence-corrected chi connectivity index (χ3v) is 4.27. The molecule has 1 aliphatic rings. The lowest BCUT2D eigenvalue weighted by atomic mass is 10.1. The summed E-state index contributed by atoms with van der Waals surface area (Å²) in [6.45, 7) is 5.50. The molecule has 0 bridgehead atoms. The number of para-hydroxylation sites is 1. The Balaban J connectivity index is 1.56. The molecule has 1 fully saturated rings. The van der Waals surface area contributed by atoms with Crippen molar-refractivity contribution in [3.8, 4) is 0 Å². The van der Waals surface area contributed by atoms with Gasteiger partial charge in [0.25, 0.3) is 0 Å². The molecule has 7 nitrogen and oxygen atoms in total. The summed E-state index contributed by atoms with van der Waals surface area (Å²) in [4.78, 5) is 26.3. The standard InChI is InChI=1S/C18H24N4O3/c1-12(2)25-9-5-8-19-18(24)13-10-16(23)22(11-13)17-14-6-3-4-7-15(14)20-21-17/h3-4,6-7,12-13H,5,8-11H2,1-2H3,(H,19,24)(H,20,21)/t13-/m1/s1. The smallest absolute Gasteiger partial charge is 0.229 e. The van der Waals surface area contributed by atoms with Gasteiger partial charge in [0.2, 0.25) is 11.8 Å². The third-order valence-electron chi connectivity index (χ3n) is 4.27. The zero-order valence-electron chi connectivity index (χ0n) is 14.6. The molecule has 0 saturated carbocycles. The van der Waals surface area contributed by atoms with Gasteiger partial charge in [-0.3, -0.25) is 19.6 Å². The van der Waals surface area contributed by atoms with Crippen LogP contribution in [0, 0.1) is 5.92 Å². The molecule has 0 spiro atoms. The van der Waals surface area contributed by atoms with E-state index in [1.165, 1.54) is 0 Å². The first kappa shape index (κ1) is 17.4. The minimum Gasteiger partial charge on any atom is -0.379 e. The fourth-order valence-electron chi connectivity index (χ4n) is 2.99. The van der Waals surface area contributed by atoms with Crippen LogP contribution in [0.4, 0.5) is 5.82 Å². The first-order chi connectivity index (χ1) is 12.1. The number of carbonyl (C=O) groups is 2. The second-order valence-electron chi connectivity index (χ2n) is 6.56. The van der Waals surface area contributed by atoms with Gasteiger partial charge in [0, 0.05) is 31.5 Å². The van der Waals surface area contributed by atoms with Crippen LogP contribution in [0.25, 0.3) is 10.9 Å². The Kier molecular flexibility index (Phi) is 5.33. The number of benzene rings is 1. The second kappa shape index (κ2) is 7.65. The van der Waals surface area contributed by atoms with Crippen LogP contribution in [-0.4, -0.2) is 47.8 Å². The van der Waals surface area contributed by atoms with Crippen LogP contribution in [0.2, 0.25) is 0 Å². The maximum atomic E-state index is 12.4. The van der Waals surface area contributed by atoms with Crippen LogP contribution in [-0.2, 0) is 14.3 Å². The van der Waals surface area contributed by atoms with E-state index in [1.54, 1.807) is 4.90 Å². The largest absolute Gasteiger partial charge is 0.379 e. The van der Waals surface area contributed by atoms with E-state index in [-0.39, 0.29) is 30.3 Å². The SMILES string of the molecule is CC(C)OCCCNC(=O)[C@@H]1CC(=O)N(c2n[nH]c3ccccc23)C1. The molecule has 2 aromatic rings. The van der Waals surface area contributed by atoms with Gasteiger partial charge in [-0.2, -0.15) is 5.10 Å². The number of hydrogen-bond acceptors (Lipinski definition) is 4. The molecule has 0 unspecified atom stereocenters. The number of nitrogens with one attached hydrogen (secondary N) is 2. The fraction of sp³-hybridized carbons (Fsp3) is 0.500. The molecule has 1 aromatic heterocycles. The van der Waals surface area contributed by atoms with Crippen molar-refractivity contribution < 1.29 is 14.3 Å². The summed E-state index contributed by atoms with van der Waals surface area (Å²) >= 11 is 0. The van der Waals surface area contributed by atoms with Crippen molar-refractivity contribution in [2.75, 3.05) is 24.6 Å². The number of carbonyl (C=O) groups excluding carboxylic acids is 2. The van der Waals surface area contributed by atoms with E-state index in [0.717, 1.165) is 17.3 Å². The molecule has 1 aliphatic heterocycles. The Morgan fingerprint density at radius 1 is 1.44 bits per heavy atom. The third kappa shape index (κ3) is 3.99. The quantitative estimate of drug-likeness (QED) is 0.751. The summed E-state index contributed by atoms with van der Waals surface area (Å²) in [6, 6.07) is 7.65. The van der Waals surface area contributed by atoms with Crippen LogP contribution < -0.4 is 10.2 Å². The minimum atomic E-state index is -0.339. The van der Waals surface area contributed by atoms with E-state index in [0.29, 0.717) is 25.5 Å². The van der Waals surface area contributed by atoms with E-state index in [4.69, 9.17) is 4.74 Å². The Labute approximate surface area is 146 Å². The van der Waals surface area contributed by atoms with E-state index < -0.39 is 0 Å². The van der Waals surface area contributed by atoms with Gasteiger partial charge >= 0.3 is 0 Å². The summed E-state index contributed by atoms with van der Waals surface area (Å²) in [7, 11) is 0. The van der Waals surface area contributed by atoms with Crippen LogP contribution in [0.1, 0.15) is 26.7 Å². The van der Waals surface area contributed by atoms with Crippen molar-refractivity contribution in [1.82, 2.24) is 15.5 Å². The Morgan fingerprint density at radius 3 is 3.04 bits per heavy atom. The van der Waals surface area contributed by atoms with E-state index in [1.807, 2.05) is 38.1 Å². The molecule has 2 N–H and O–H groups in total. The van der Waals surface area contributed by atoms with Crippen LogP contribution >= 0.6 is 0 Å². The highest BCUT2D eigenvalue weighted by Crippen LogP contribution is 2.29. The van der Waals surface area contributed by atoms with Gasteiger partial charge < -0.3 is 10.1 Å². The molecular weight excluding hydrogens is 320 g/mol. The monoisotopic (exact) mass is 344 g/mol. The Bertz CT molecular complexity index is 756. The number of rotatable bonds is 7. The molecule has 0 radical (unpaired) electrons. The van der Waals surface area contributed by atoms with Crippen molar-refractivity contribution in [3.63, 3.8) is 0 Å². The van der Waals surface area contributed by atoms with Crippen LogP contribution in [0.5, 0.6) is 0 Å². The number of hydrogen-bond donors (Lipinski definition) is 2. The van der Waals surface area contributed by atoms with Crippen molar-refractivity contribution >= 4 is 28.5 Å². The fourth-order valence-corrected chi connectivity index (χ4v) is 2.99. The summed E-state index contributed by atoms with van der Waals surface area (Å²) < 4.78 is 5.45. The number of ether oxygens (including phenoxy) is 1. The van der Waals surface area contributed by atoms with Crippen molar-refractivity contribution in [1.29, 1.82) is 0 Å². The van der Waals surface area contributed by atoms with Gasteiger partial charge in [-0.25, -0.2) is 0 Å². The molecule has 0 aliphatic carbocycles. The van der Waals surface area contributed by atoms with Gasteiger partial charge in [-0.1, -0.05) is 12.1 Å². The molecule has 1 aromatic carbocycles. The van der Waals surface area contributed by atoms with E-state index in [9.17, 15) is 9.59 Å². The summed E-state index contributed by atoms with van der Waals surface area (Å²) in [6.07, 6.45) is 1.17. The van der Waals surface area contributed by atoms with Gasteiger partial charge in [-0.05, 0) is 32.4 Å². The van der Waals surface area contributed by atoms with Crippen LogP contribution in [0.15, 0.2) is 24.3 Å². The summed E-state index contributed by atoms with van der Waals surface area (Å²) in [5.41, 5.74) is 0.878. The molecule has 25 heavy (non-hydrogen) atoms. The average Bonchev–Trinajstić information content (AvgIpc) is 3.17. The van der Waals surface area contributed by atoms with Gasteiger partial charge in [0.15, 0.2) is 5.82 Å². The summed E-state index contributed by atoms with van der Waals surface area (Å²) in [5, 5.41) is 11.0. The van der Waals surface area contributed by atoms with Crippen molar-refractivity contribution in [3.05, 3.63) is 24.3 Å². The first-order valence-corrected chi connectivity index (χ1v) is 8.69. The summed E-state index contributed by atoms with van der Waals surface area (Å²) in [5.74, 6) is 0.107. The number of fused-ring (bicyclic) bond motifs is 1. The highest BCUT2D eigenvalue weighted by Gasteiger charge is 2.36. The van der Waals surface area contributed by atoms with Crippen molar-refractivity contribution in [2.24, 2.45) is 5.92 Å². The average molecular weight is 344 g/mol. The molecule has 2 amide bonds. The maximum Gasteiger partial charge on any atom is 0.229 e. The maximum absolute atomic E-state index is 12.4. The molecule has 1 atom stereocenters. The zero-order chi connectivity index (χ0) is 17.8. The molecule has 134 valence electrons. The number of nitrogens with zero attached hydrogens (tertiary/aromatic N) is 2. The number of H-pyrrole nitrogens is 1. The van der Waals surface area contributed by atoms with Crippen molar-refractivity contribution in [2.45, 2.75) is 32.8 Å². The lowest BCUT2D eigenvalue weighted by Gasteiger charge is -2.14. The lowest BCUT2D eigenvalue weighted by Crippen LogP contribution is -2.34. The number of amides is 2. The second-order valence-corrected chi connectivity index (χ2v) is 6.56. The van der Waals surface area contributed by atoms with Gasteiger partial charge in [0.1, 0.15) is 0 Å². The van der Waals surface area contributed by atoms with Crippen LogP contribution in [0.3, 0.4) is 0 Å². The topological polar surface area (TPSA) is 87.3 Å². The van der Waals surface area contributed by atoms with Gasteiger partial charge in [0.05, 0.1) is 17.5 Å². The highest BCUT2D eigenvalue weighted by atomic mass is 16.5. The normalized spacial score (nSPS) is 17.6. The predicted molar refractivity (Wildman–Crippen MR) is 95.3 cm³/mol. The molecular formula is C18H24N4O3. The number of anilines is 1. The lowest BCUT2D eigenvalue weighted by molar-refractivity contribution is -0.126. The highest BCUT2D eigenvalue weighted by molar-refractivity contribution is 6.05. The molecule has 1 saturated heterocycles. The molecule has 2 heterocycles. The number of aromatic amines is 1. The van der Waals surface area contributed by atoms with E-state index >= 15 is 0 Å². The molecule has 7 heteroatoms. The first-order valence-electron chi connectivity index (χ1n) is 8.69. The van der Waals surface area contributed by atoms with E-state index in [2.05, 4.69) is 15.5 Å².